The SMILES string of the molecule is CCOC(=O)c1nnc(C)n1CC1CN2CCCC2CO1. The number of aromatic nitrogens is 3. The summed E-state index contributed by atoms with van der Waals surface area (Å²) in [5.41, 5.74) is 0. The molecule has 21 heavy (non-hydrogen) atoms. The van der Waals surface area contributed by atoms with Gasteiger partial charge in [-0.1, -0.05) is 0 Å². The van der Waals surface area contributed by atoms with Gasteiger partial charge in [0.1, 0.15) is 5.82 Å². The molecule has 0 saturated carbocycles. The lowest BCUT2D eigenvalue weighted by molar-refractivity contribution is -0.0557. The van der Waals surface area contributed by atoms with Crippen LogP contribution in [0.15, 0.2) is 0 Å². The maximum Gasteiger partial charge on any atom is 0.376 e. The third-order valence-electron chi connectivity index (χ3n) is 4.24. The number of aryl methyl sites for hydroxylation is 1. The molecule has 1 aromatic rings. The smallest absolute Gasteiger partial charge is 0.376 e. The highest BCUT2D eigenvalue weighted by atomic mass is 16.5. The minimum Gasteiger partial charge on any atom is -0.460 e. The van der Waals surface area contributed by atoms with E-state index in [9.17, 15) is 4.79 Å². The maximum atomic E-state index is 11.9. The zero-order valence-corrected chi connectivity index (χ0v) is 12.6. The van der Waals surface area contributed by atoms with E-state index >= 15 is 0 Å². The number of carbonyl (C=O) groups is 1. The van der Waals surface area contributed by atoms with Gasteiger partial charge in [-0.3, -0.25) is 4.90 Å². The van der Waals surface area contributed by atoms with E-state index in [2.05, 4.69) is 15.1 Å². The molecule has 2 aliphatic heterocycles. The van der Waals surface area contributed by atoms with Crippen LogP contribution in [0.1, 0.15) is 36.2 Å². The monoisotopic (exact) mass is 294 g/mol. The quantitative estimate of drug-likeness (QED) is 0.759. The van der Waals surface area contributed by atoms with Crippen molar-refractivity contribution in [2.75, 3.05) is 26.3 Å². The lowest BCUT2D eigenvalue weighted by Gasteiger charge is -2.35. The molecule has 7 nitrogen and oxygen atoms in total. The predicted octanol–water partition coefficient (Wildman–Crippen LogP) is 0.626. The van der Waals surface area contributed by atoms with Crippen molar-refractivity contribution < 1.29 is 14.3 Å². The molecular weight excluding hydrogens is 272 g/mol. The van der Waals surface area contributed by atoms with E-state index in [1.165, 1.54) is 12.8 Å². The highest BCUT2D eigenvalue weighted by Crippen LogP contribution is 2.23. The summed E-state index contributed by atoms with van der Waals surface area (Å²) < 4.78 is 12.8. The Kier molecular flexibility index (Phi) is 4.21. The number of hydrogen-bond donors (Lipinski definition) is 0. The number of rotatable bonds is 4. The minimum absolute atomic E-state index is 0.0715. The average molecular weight is 294 g/mol. The van der Waals surface area contributed by atoms with Crippen molar-refractivity contribution >= 4 is 5.97 Å². The largest absolute Gasteiger partial charge is 0.460 e. The molecule has 2 aliphatic rings. The predicted molar refractivity (Wildman–Crippen MR) is 75.1 cm³/mol. The van der Waals surface area contributed by atoms with E-state index in [4.69, 9.17) is 9.47 Å². The van der Waals surface area contributed by atoms with E-state index < -0.39 is 5.97 Å². The minimum atomic E-state index is -0.423. The highest BCUT2D eigenvalue weighted by molar-refractivity contribution is 5.85. The molecule has 2 atom stereocenters. The van der Waals surface area contributed by atoms with Crippen LogP contribution >= 0.6 is 0 Å². The van der Waals surface area contributed by atoms with Crippen molar-refractivity contribution in [1.82, 2.24) is 19.7 Å². The van der Waals surface area contributed by atoms with Crippen molar-refractivity contribution in [1.29, 1.82) is 0 Å². The van der Waals surface area contributed by atoms with Gasteiger partial charge < -0.3 is 14.0 Å². The van der Waals surface area contributed by atoms with Crippen LogP contribution in [-0.4, -0.2) is 64.1 Å². The third kappa shape index (κ3) is 2.94. The third-order valence-corrected chi connectivity index (χ3v) is 4.24. The van der Waals surface area contributed by atoms with Crippen LogP contribution in [0.2, 0.25) is 0 Å². The normalized spacial score (nSPS) is 25.8. The summed E-state index contributed by atoms with van der Waals surface area (Å²) in [5.74, 6) is 0.555. The molecule has 0 radical (unpaired) electrons. The molecule has 0 aliphatic carbocycles. The molecule has 2 saturated heterocycles. The van der Waals surface area contributed by atoms with Crippen LogP contribution < -0.4 is 0 Å². The molecule has 2 unspecified atom stereocenters. The number of nitrogens with zero attached hydrogens (tertiary/aromatic N) is 4. The molecule has 0 bridgehead atoms. The zero-order valence-electron chi connectivity index (χ0n) is 12.6. The van der Waals surface area contributed by atoms with Crippen molar-refractivity contribution in [3.63, 3.8) is 0 Å². The van der Waals surface area contributed by atoms with E-state index in [1.54, 1.807) is 11.5 Å². The molecule has 0 amide bonds. The first-order chi connectivity index (χ1) is 10.2. The Morgan fingerprint density at radius 1 is 1.48 bits per heavy atom. The Morgan fingerprint density at radius 2 is 2.33 bits per heavy atom. The molecule has 7 heteroatoms. The molecule has 1 aromatic heterocycles. The summed E-state index contributed by atoms with van der Waals surface area (Å²) in [6, 6.07) is 0.577. The highest BCUT2D eigenvalue weighted by Gasteiger charge is 2.33. The number of hydrogen-bond acceptors (Lipinski definition) is 6. The van der Waals surface area contributed by atoms with Crippen LogP contribution in [0.3, 0.4) is 0 Å². The molecule has 3 rings (SSSR count). The van der Waals surface area contributed by atoms with Crippen LogP contribution in [-0.2, 0) is 16.0 Å². The standard InChI is InChI=1S/C14H22N4O3/c1-3-20-14(19)13-16-15-10(2)18(13)8-12-7-17-6-4-5-11(17)9-21-12/h11-12H,3-9H2,1-2H3. The van der Waals surface area contributed by atoms with Gasteiger partial charge in [0.15, 0.2) is 0 Å². The second-order valence-corrected chi connectivity index (χ2v) is 5.65. The van der Waals surface area contributed by atoms with Crippen LogP contribution in [0.25, 0.3) is 0 Å². The zero-order chi connectivity index (χ0) is 14.8. The molecule has 0 aromatic carbocycles. The lowest BCUT2D eigenvalue weighted by Crippen LogP contribution is -2.47. The van der Waals surface area contributed by atoms with E-state index in [1.807, 2.05) is 6.92 Å². The van der Waals surface area contributed by atoms with Crippen LogP contribution in [0.5, 0.6) is 0 Å². The van der Waals surface area contributed by atoms with Gasteiger partial charge in [0.2, 0.25) is 5.82 Å². The first kappa shape index (κ1) is 14.5. The number of carbonyl (C=O) groups excluding carboxylic acids is 1. The Balaban J connectivity index is 1.70. The summed E-state index contributed by atoms with van der Waals surface area (Å²) in [4.78, 5) is 14.4. The van der Waals surface area contributed by atoms with Gasteiger partial charge in [0, 0.05) is 12.6 Å². The molecule has 2 fully saturated rings. The van der Waals surface area contributed by atoms with Gasteiger partial charge in [-0.15, -0.1) is 10.2 Å². The average Bonchev–Trinajstić information content (AvgIpc) is 3.06. The molecule has 116 valence electrons. The van der Waals surface area contributed by atoms with E-state index in [0.717, 1.165) is 19.7 Å². The van der Waals surface area contributed by atoms with Crippen molar-refractivity contribution in [2.45, 2.75) is 45.4 Å². The molecule has 3 heterocycles. The first-order valence-corrected chi connectivity index (χ1v) is 7.61. The Labute approximate surface area is 124 Å². The Bertz CT molecular complexity index is 516. The van der Waals surface area contributed by atoms with E-state index in [-0.39, 0.29) is 11.9 Å². The fourth-order valence-corrected chi connectivity index (χ4v) is 3.15. The van der Waals surface area contributed by atoms with Crippen molar-refractivity contribution in [3.05, 3.63) is 11.6 Å². The lowest BCUT2D eigenvalue weighted by atomic mass is 10.2. The van der Waals surface area contributed by atoms with Crippen LogP contribution in [0, 0.1) is 6.92 Å². The van der Waals surface area contributed by atoms with E-state index in [0.29, 0.717) is 25.0 Å². The Morgan fingerprint density at radius 3 is 3.14 bits per heavy atom. The number of fused-ring (bicyclic) bond motifs is 1. The number of morpholine rings is 1. The Hall–Kier alpha value is -1.47. The summed E-state index contributed by atoms with van der Waals surface area (Å²) in [6.45, 7) is 7.39. The molecular formula is C14H22N4O3. The first-order valence-electron chi connectivity index (χ1n) is 7.61. The van der Waals surface area contributed by atoms with Crippen LogP contribution in [0.4, 0.5) is 0 Å². The van der Waals surface area contributed by atoms with Crippen molar-refractivity contribution in [2.24, 2.45) is 0 Å². The number of ether oxygens (including phenoxy) is 2. The molecule has 0 spiro atoms. The van der Waals surface area contributed by atoms with Gasteiger partial charge in [-0.25, -0.2) is 4.79 Å². The fraction of sp³-hybridized carbons (Fsp3) is 0.786. The van der Waals surface area contributed by atoms with Gasteiger partial charge in [-0.2, -0.15) is 0 Å². The van der Waals surface area contributed by atoms with Gasteiger partial charge >= 0.3 is 5.97 Å². The van der Waals surface area contributed by atoms with Gasteiger partial charge in [0.25, 0.3) is 0 Å². The second-order valence-electron chi connectivity index (χ2n) is 5.65. The molecule has 0 N–H and O–H groups in total. The summed E-state index contributed by atoms with van der Waals surface area (Å²) in [5, 5.41) is 7.93. The van der Waals surface area contributed by atoms with Gasteiger partial charge in [0.05, 0.1) is 25.9 Å². The topological polar surface area (TPSA) is 69.5 Å². The van der Waals surface area contributed by atoms with Crippen molar-refractivity contribution in [3.8, 4) is 0 Å². The van der Waals surface area contributed by atoms with Gasteiger partial charge in [-0.05, 0) is 33.2 Å². The fourth-order valence-electron chi connectivity index (χ4n) is 3.15. The summed E-state index contributed by atoms with van der Waals surface area (Å²) in [6.07, 6.45) is 2.55. The second kappa shape index (κ2) is 6.11. The maximum absolute atomic E-state index is 11.9. The number of esters is 1. The summed E-state index contributed by atoms with van der Waals surface area (Å²) >= 11 is 0. The summed E-state index contributed by atoms with van der Waals surface area (Å²) in [7, 11) is 0.